The highest BCUT2D eigenvalue weighted by atomic mass is 16.5. The summed E-state index contributed by atoms with van der Waals surface area (Å²) in [6, 6.07) is 8.84. The molecule has 2 heterocycles. The summed E-state index contributed by atoms with van der Waals surface area (Å²) in [5, 5.41) is 2.71. The molecule has 2 aromatic rings. The first-order chi connectivity index (χ1) is 14.6. The van der Waals surface area contributed by atoms with E-state index in [0.29, 0.717) is 43.4 Å². The van der Waals surface area contributed by atoms with Crippen LogP contribution in [0.4, 0.5) is 0 Å². The average molecular weight is 415 g/mol. The Morgan fingerprint density at radius 3 is 2.43 bits per heavy atom. The molecule has 0 saturated carbocycles. The third-order valence-electron chi connectivity index (χ3n) is 4.89. The molecule has 1 aromatic carbocycles. The number of carbonyl (C=O) groups excluding carboxylic acids is 2. The van der Waals surface area contributed by atoms with Crippen molar-refractivity contribution in [3.05, 3.63) is 47.9 Å². The fourth-order valence-electron chi connectivity index (χ4n) is 3.34. The minimum absolute atomic E-state index is 0.0335. The Kier molecular flexibility index (Phi) is 7.73. The minimum atomic E-state index is -0.316. The highest BCUT2D eigenvalue weighted by Gasteiger charge is 2.22. The van der Waals surface area contributed by atoms with Gasteiger partial charge in [0.05, 0.1) is 32.6 Å². The maximum Gasteiger partial charge on any atom is 0.251 e. The van der Waals surface area contributed by atoms with Gasteiger partial charge >= 0.3 is 0 Å². The molecule has 0 atom stereocenters. The fourth-order valence-corrected chi connectivity index (χ4v) is 3.34. The summed E-state index contributed by atoms with van der Waals surface area (Å²) in [5.41, 5.74) is 0.429. The van der Waals surface area contributed by atoms with Gasteiger partial charge in [-0.3, -0.25) is 14.5 Å². The quantitative estimate of drug-likeness (QED) is 0.676. The number of nitrogens with one attached hydrogen (secondary N) is 1. The van der Waals surface area contributed by atoms with Gasteiger partial charge in [0.25, 0.3) is 5.91 Å². The highest BCUT2D eigenvalue weighted by molar-refractivity contribution is 5.97. The van der Waals surface area contributed by atoms with Gasteiger partial charge in [0.2, 0.25) is 5.91 Å². The molecule has 1 N–H and O–H groups in total. The van der Waals surface area contributed by atoms with E-state index in [4.69, 9.17) is 13.9 Å². The Bertz CT molecular complexity index is 829. The predicted octanol–water partition coefficient (Wildman–Crippen LogP) is 2.15. The number of benzene rings is 1. The van der Waals surface area contributed by atoms with E-state index < -0.39 is 0 Å². The van der Waals surface area contributed by atoms with Crippen molar-refractivity contribution in [3.63, 3.8) is 0 Å². The van der Waals surface area contributed by atoms with E-state index in [-0.39, 0.29) is 18.4 Å². The van der Waals surface area contributed by atoms with E-state index in [0.717, 1.165) is 25.4 Å². The summed E-state index contributed by atoms with van der Waals surface area (Å²) in [4.78, 5) is 29.0. The smallest absolute Gasteiger partial charge is 0.251 e. The van der Waals surface area contributed by atoms with Crippen LogP contribution in [0.15, 0.2) is 41.0 Å². The van der Waals surface area contributed by atoms with Crippen molar-refractivity contribution in [1.29, 1.82) is 0 Å². The molecule has 0 spiro atoms. The minimum Gasteiger partial charge on any atom is -0.490 e. The van der Waals surface area contributed by atoms with E-state index in [1.54, 1.807) is 29.4 Å². The van der Waals surface area contributed by atoms with Crippen molar-refractivity contribution in [1.82, 2.24) is 15.1 Å². The van der Waals surface area contributed by atoms with Crippen molar-refractivity contribution in [2.24, 2.45) is 0 Å². The summed E-state index contributed by atoms with van der Waals surface area (Å²) in [5.74, 6) is 1.63. The molecule has 1 aliphatic rings. The van der Waals surface area contributed by atoms with Crippen LogP contribution in [-0.4, -0.2) is 67.6 Å². The lowest BCUT2D eigenvalue weighted by Gasteiger charge is -2.34. The van der Waals surface area contributed by atoms with Crippen LogP contribution < -0.4 is 14.8 Å². The van der Waals surface area contributed by atoms with E-state index in [1.807, 2.05) is 26.0 Å². The lowest BCUT2D eigenvalue weighted by atomic mass is 10.2. The maximum atomic E-state index is 12.5. The molecule has 0 radical (unpaired) electrons. The molecule has 8 heteroatoms. The number of carbonyl (C=O) groups is 2. The predicted molar refractivity (Wildman–Crippen MR) is 112 cm³/mol. The monoisotopic (exact) mass is 415 g/mol. The number of nitrogens with zero attached hydrogens (tertiary/aromatic N) is 2. The normalized spacial score (nSPS) is 14.4. The summed E-state index contributed by atoms with van der Waals surface area (Å²) in [6.45, 7) is 8.26. The number of piperazine rings is 1. The lowest BCUT2D eigenvalue weighted by molar-refractivity contribution is -0.131. The number of rotatable bonds is 9. The summed E-state index contributed by atoms with van der Waals surface area (Å²) < 4.78 is 16.4. The van der Waals surface area contributed by atoms with Crippen LogP contribution in [0.2, 0.25) is 0 Å². The van der Waals surface area contributed by atoms with Crippen LogP contribution >= 0.6 is 0 Å². The summed E-state index contributed by atoms with van der Waals surface area (Å²) in [6.07, 6.45) is 1.67. The van der Waals surface area contributed by atoms with Crippen molar-refractivity contribution in [2.45, 2.75) is 20.4 Å². The SMILES string of the molecule is CCOc1ccc(C(=O)NCC(=O)N2CCN(Cc3ccco3)CC2)cc1OCC. The Hall–Kier alpha value is -3.00. The first kappa shape index (κ1) is 21.7. The average Bonchev–Trinajstić information content (AvgIpc) is 3.27. The van der Waals surface area contributed by atoms with Crippen molar-refractivity contribution < 1.29 is 23.5 Å². The molecule has 1 aliphatic heterocycles. The number of hydrogen-bond donors (Lipinski definition) is 1. The number of hydrogen-bond acceptors (Lipinski definition) is 6. The van der Waals surface area contributed by atoms with Gasteiger partial charge in [-0.2, -0.15) is 0 Å². The van der Waals surface area contributed by atoms with Crippen molar-refractivity contribution >= 4 is 11.8 Å². The molecule has 8 nitrogen and oxygen atoms in total. The Morgan fingerprint density at radius 2 is 1.77 bits per heavy atom. The zero-order chi connectivity index (χ0) is 21.3. The molecule has 0 unspecified atom stereocenters. The molecular weight excluding hydrogens is 386 g/mol. The number of amides is 2. The Balaban J connectivity index is 1.47. The highest BCUT2D eigenvalue weighted by Crippen LogP contribution is 2.28. The molecule has 162 valence electrons. The molecule has 1 aromatic heterocycles. The van der Waals surface area contributed by atoms with Crippen LogP contribution in [0.3, 0.4) is 0 Å². The Labute approximate surface area is 176 Å². The van der Waals surface area contributed by atoms with Gasteiger partial charge in [-0.05, 0) is 44.2 Å². The molecule has 2 amide bonds. The molecular formula is C22H29N3O5. The summed E-state index contributed by atoms with van der Waals surface area (Å²) in [7, 11) is 0. The lowest BCUT2D eigenvalue weighted by Crippen LogP contribution is -2.50. The van der Waals surface area contributed by atoms with Gasteiger partial charge in [-0.25, -0.2) is 0 Å². The van der Waals surface area contributed by atoms with E-state index in [2.05, 4.69) is 10.2 Å². The standard InChI is InChI=1S/C22H29N3O5/c1-3-28-19-8-7-17(14-20(19)29-4-2)22(27)23-15-21(26)25-11-9-24(10-12-25)16-18-6-5-13-30-18/h5-8,13-14H,3-4,9-12,15-16H2,1-2H3,(H,23,27). The van der Waals surface area contributed by atoms with Gasteiger partial charge < -0.3 is 24.1 Å². The Morgan fingerprint density at radius 1 is 1.03 bits per heavy atom. The first-order valence-corrected chi connectivity index (χ1v) is 10.3. The van der Waals surface area contributed by atoms with Gasteiger partial charge in [0.1, 0.15) is 5.76 Å². The van der Waals surface area contributed by atoms with Crippen LogP contribution in [0.25, 0.3) is 0 Å². The van der Waals surface area contributed by atoms with Crippen LogP contribution in [0, 0.1) is 0 Å². The molecule has 0 bridgehead atoms. The molecule has 1 saturated heterocycles. The van der Waals surface area contributed by atoms with E-state index >= 15 is 0 Å². The second-order valence-corrected chi connectivity index (χ2v) is 6.95. The van der Waals surface area contributed by atoms with Crippen LogP contribution in [0.5, 0.6) is 11.5 Å². The van der Waals surface area contributed by atoms with E-state index in [9.17, 15) is 9.59 Å². The zero-order valence-corrected chi connectivity index (χ0v) is 17.6. The number of ether oxygens (including phenoxy) is 2. The molecule has 0 aliphatic carbocycles. The maximum absolute atomic E-state index is 12.5. The largest absolute Gasteiger partial charge is 0.490 e. The molecule has 3 rings (SSSR count). The van der Waals surface area contributed by atoms with Gasteiger partial charge in [0, 0.05) is 31.7 Å². The molecule has 30 heavy (non-hydrogen) atoms. The van der Waals surface area contributed by atoms with Crippen LogP contribution in [-0.2, 0) is 11.3 Å². The number of furan rings is 1. The third kappa shape index (κ3) is 5.76. The summed E-state index contributed by atoms with van der Waals surface area (Å²) >= 11 is 0. The zero-order valence-electron chi connectivity index (χ0n) is 17.6. The van der Waals surface area contributed by atoms with Crippen LogP contribution in [0.1, 0.15) is 30.0 Å². The second kappa shape index (κ2) is 10.7. The fraction of sp³-hybridized carbons (Fsp3) is 0.455. The van der Waals surface area contributed by atoms with Gasteiger partial charge in [0.15, 0.2) is 11.5 Å². The topological polar surface area (TPSA) is 84.3 Å². The van der Waals surface area contributed by atoms with Crippen molar-refractivity contribution in [2.75, 3.05) is 45.9 Å². The van der Waals surface area contributed by atoms with E-state index in [1.165, 1.54) is 0 Å². The molecule has 1 fully saturated rings. The first-order valence-electron chi connectivity index (χ1n) is 10.3. The van der Waals surface area contributed by atoms with Crippen molar-refractivity contribution in [3.8, 4) is 11.5 Å². The van der Waals surface area contributed by atoms with Gasteiger partial charge in [-0.1, -0.05) is 0 Å². The second-order valence-electron chi connectivity index (χ2n) is 6.95. The third-order valence-corrected chi connectivity index (χ3v) is 4.89. The van der Waals surface area contributed by atoms with Gasteiger partial charge in [-0.15, -0.1) is 0 Å².